The van der Waals surface area contributed by atoms with Gasteiger partial charge >= 0.3 is 0 Å². The largest absolute Gasteiger partial charge is 0.310 e. The quantitative estimate of drug-likeness (QED) is 0.147. The fraction of sp³-hybridized carbons (Fsp3) is 0.138. The summed E-state index contributed by atoms with van der Waals surface area (Å²) < 4.78 is 0. The highest BCUT2D eigenvalue weighted by Crippen LogP contribution is 2.50. The van der Waals surface area contributed by atoms with Crippen molar-refractivity contribution in [3.8, 4) is 55.6 Å². The van der Waals surface area contributed by atoms with Gasteiger partial charge in [-0.25, -0.2) is 0 Å². The lowest BCUT2D eigenvalue weighted by molar-refractivity contribution is 0.445. The van der Waals surface area contributed by atoms with Crippen LogP contribution in [-0.4, -0.2) is 0 Å². The van der Waals surface area contributed by atoms with Crippen LogP contribution in [0.25, 0.3) is 77.2 Å². The van der Waals surface area contributed by atoms with E-state index < -0.39 is 0 Å². The summed E-state index contributed by atoms with van der Waals surface area (Å²) in [5, 5.41) is 5.26. The summed E-state index contributed by atoms with van der Waals surface area (Å²) in [6.07, 6.45) is 6.50. The molecule has 318 valence electrons. The van der Waals surface area contributed by atoms with Crippen LogP contribution in [0.3, 0.4) is 0 Å². The summed E-state index contributed by atoms with van der Waals surface area (Å²) in [6, 6.07) is 81.6. The molecule has 0 saturated heterocycles. The van der Waals surface area contributed by atoms with Gasteiger partial charge in [0, 0.05) is 22.4 Å². The molecule has 1 saturated carbocycles. The predicted octanol–water partition coefficient (Wildman–Crippen LogP) is 18.5. The topological polar surface area (TPSA) is 3.24 Å². The van der Waals surface area contributed by atoms with Gasteiger partial charge in [0.15, 0.2) is 0 Å². The molecule has 66 heavy (non-hydrogen) atoms. The van der Waals surface area contributed by atoms with Crippen molar-refractivity contribution < 1.29 is 0 Å². The zero-order valence-corrected chi connectivity index (χ0v) is 37.8. The minimum absolute atomic E-state index is 0.0498. The Morgan fingerprint density at radius 3 is 1.64 bits per heavy atom. The second-order valence-corrected chi connectivity index (χ2v) is 19.1. The monoisotopic (exact) mass is 847 g/mol. The van der Waals surface area contributed by atoms with Gasteiger partial charge in [-0.05, 0) is 143 Å². The molecule has 2 aliphatic carbocycles. The summed E-state index contributed by atoms with van der Waals surface area (Å²) in [4.78, 5) is 2.47. The van der Waals surface area contributed by atoms with Crippen LogP contribution in [0.5, 0.6) is 0 Å². The van der Waals surface area contributed by atoms with Crippen LogP contribution >= 0.6 is 0 Å². The first-order valence-electron chi connectivity index (χ1n) is 23.9. The number of rotatable bonds is 8. The van der Waals surface area contributed by atoms with E-state index in [-0.39, 0.29) is 5.41 Å². The number of nitrogens with zero attached hydrogens (tertiary/aromatic N) is 1. The number of hydrogen-bond acceptors (Lipinski definition) is 1. The Morgan fingerprint density at radius 1 is 0.379 bits per heavy atom. The van der Waals surface area contributed by atoms with Crippen molar-refractivity contribution in [2.24, 2.45) is 0 Å². The predicted molar refractivity (Wildman–Crippen MR) is 281 cm³/mol. The van der Waals surface area contributed by atoms with Gasteiger partial charge in [0.05, 0.1) is 5.69 Å². The third-order valence-electron chi connectivity index (χ3n) is 14.9. The summed E-state index contributed by atoms with van der Waals surface area (Å²) in [6.45, 7) is 4.72. The molecule has 0 aromatic heterocycles. The molecule has 0 radical (unpaired) electrons. The molecule has 0 aliphatic heterocycles. The van der Waals surface area contributed by atoms with Gasteiger partial charge in [0.2, 0.25) is 0 Å². The fourth-order valence-electron chi connectivity index (χ4n) is 11.5. The van der Waals surface area contributed by atoms with Crippen molar-refractivity contribution in [1.29, 1.82) is 0 Å². The molecule has 0 atom stereocenters. The SMILES string of the molecule is CC1(C)c2ccccc2-c2ccc(-c3ccc(N(c4ccc(-c5ccc(-c6cccc7ccccc67)cc5)cc4)c4ccccc4-c4cccc5cccc(C6CCCCC6)c45)cc3)cc21. The lowest BCUT2D eigenvalue weighted by Gasteiger charge is -2.29. The van der Waals surface area contributed by atoms with E-state index in [1.54, 1.807) is 0 Å². The standard InChI is InChI=1S/C65H53N/c1-65(2)61-27-10-8-22-57(61)58-42-37-51(43-62(58)65)46-35-40-53(41-36-46)66(52-38-33-45(34-39-52)44-29-31-49(32-30-44)55-24-12-18-47-17-6-7-21-54(47)55)63-28-11-9-23-59(63)60-26-14-20-50-19-13-25-56(64(50)60)48-15-4-3-5-16-48/h6-14,17-43,48H,3-5,15-16H2,1-2H3. The molecule has 2 aliphatic rings. The zero-order valence-electron chi connectivity index (χ0n) is 37.8. The van der Waals surface area contributed by atoms with E-state index in [1.165, 1.54) is 132 Å². The van der Waals surface area contributed by atoms with E-state index in [1.807, 2.05) is 0 Å². The lowest BCUT2D eigenvalue weighted by Crippen LogP contribution is -2.14. The Morgan fingerprint density at radius 2 is 0.894 bits per heavy atom. The maximum Gasteiger partial charge on any atom is 0.0540 e. The molecule has 0 unspecified atom stereocenters. The molecule has 0 spiro atoms. The van der Waals surface area contributed by atoms with Gasteiger partial charge < -0.3 is 4.90 Å². The maximum atomic E-state index is 2.47. The van der Waals surface area contributed by atoms with Gasteiger partial charge in [-0.3, -0.25) is 0 Å². The smallest absolute Gasteiger partial charge is 0.0540 e. The van der Waals surface area contributed by atoms with E-state index in [2.05, 4.69) is 237 Å². The summed E-state index contributed by atoms with van der Waals surface area (Å²) in [5.41, 5.74) is 20.3. The molecular formula is C65H53N. The number of benzene rings is 10. The van der Waals surface area contributed by atoms with Crippen molar-refractivity contribution in [2.45, 2.75) is 57.3 Å². The van der Waals surface area contributed by atoms with Crippen LogP contribution in [-0.2, 0) is 5.41 Å². The molecular weight excluding hydrogens is 795 g/mol. The lowest BCUT2D eigenvalue weighted by atomic mass is 9.80. The molecule has 0 bridgehead atoms. The summed E-state index contributed by atoms with van der Waals surface area (Å²) in [5.74, 6) is 0.590. The average molecular weight is 848 g/mol. The highest BCUT2D eigenvalue weighted by Gasteiger charge is 2.35. The maximum absolute atomic E-state index is 2.47. The Hall–Kier alpha value is -7.48. The highest BCUT2D eigenvalue weighted by atomic mass is 15.1. The molecule has 1 heteroatoms. The zero-order chi connectivity index (χ0) is 44.2. The minimum atomic E-state index is -0.0498. The third-order valence-corrected chi connectivity index (χ3v) is 14.9. The summed E-state index contributed by atoms with van der Waals surface area (Å²) >= 11 is 0. The summed E-state index contributed by atoms with van der Waals surface area (Å²) in [7, 11) is 0. The van der Waals surface area contributed by atoms with E-state index in [0.717, 1.165) is 11.4 Å². The molecule has 0 amide bonds. The first kappa shape index (κ1) is 40.1. The first-order chi connectivity index (χ1) is 32.5. The Kier molecular flexibility index (Phi) is 10.0. The number of para-hydroxylation sites is 1. The van der Waals surface area contributed by atoms with Crippen molar-refractivity contribution >= 4 is 38.6 Å². The van der Waals surface area contributed by atoms with Crippen LogP contribution in [0.4, 0.5) is 17.1 Å². The van der Waals surface area contributed by atoms with Crippen molar-refractivity contribution in [2.75, 3.05) is 4.90 Å². The van der Waals surface area contributed by atoms with Crippen LogP contribution in [0.1, 0.15) is 68.6 Å². The van der Waals surface area contributed by atoms with Gasteiger partial charge in [-0.2, -0.15) is 0 Å². The van der Waals surface area contributed by atoms with Crippen LogP contribution in [0.2, 0.25) is 0 Å². The van der Waals surface area contributed by atoms with Crippen molar-refractivity contribution in [1.82, 2.24) is 0 Å². The van der Waals surface area contributed by atoms with E-state index in [0.29, 0.717) is 5.92 Å². The van der Waals surface area contributed by atoms with E-state index >= 15 is 0 Å². The second-order valence-electron chi connectivity index (χ2n) is 19.1. The number of anilines is 3. The Bertz CT molecular complexity index is 3390. The molecule has 10 aromatic carbocycles. The first-order valence-corrected chi connectivity index (χ1v) is 23.9. The van der Waals surface area contributed by atoms with E-state index in [4.69, 9.17) is 0 Å². The van der Waals surface area contributed by atoms with Crippen LogP contribution in [0, 0.1) is 0 Å². The second kappa shape index (κ2) is 16.5. The molecule has 1 fully saturated rings. The molecule has 0 heterocycles. The van der Waals surface area contributed by atoms with Crippen molar-refractivity contribution in [3.63, 3.8) is 0 Å². The number of hydrogen-bond donors (Lipinski definition) is 0. The van der Waals surface area contributed by atoms with Gasteiger partial charge in [0.25, 0.3) is 0 Å². The Balaban J connectivity index is 0.951. The van der Waals surface area contributed by atoms with Crippen LogP contribution < -0.4 is 4.90 Å². The third kappa shape index (κ3) is 6.93. The highest BCUT2D eigenvalue weighted by molar-refractivity contribution is 6.03. The molecule has 0 N–H and O–H groups in total. The minimum Gasteiger partial charge on any atom is -0.310 e. The average Bonchev–Trinajstić information content (AvgIpc) is 3.61. The Labute approximate surface area is 389 Å². The number of fused-ring (bicyclic) bond motifs is 5. The van der Waals surface area contributed by atoms with Gasteiger partial charge in [-0.1, -0.05) is 215 Å². The van der Waals surface area contributed by atoms with E-state index in [9.17, 15) is 0 Å². The molecule has 1 nitrogen and oxygen atoms in total. The fourth-order valence-corrected chi connectivity index (χ4v) is 11.5. The molecule has 10 aromatic rings. The van der Waals surface area contributed by atoms with Crippen molar-refractivity contribution in [3.05, 3.63) is 235 Å². The van der Waals surface area contributed by atoms with Crippen LogP contribution in [0.15, 0.2) is 218 Å². The molecule has 12 rings (SSSR count). The normalized spacial score (nSPS) is 14.3. The van der Waals surface area contributed by atoms with Gasteiger partial charge in [-0.15, -0.1) is 0 Å². The van der Waals surface area contributed by atoms with Gasteiger partial charge in [0.1, 0.15) is 0 Å².